The Hall–Kier alpha value is -1.59. The summed E-state index contributed by atoms with van der Waals surface area (Å²) in [5.41, 5.74) is 0. The van der Waals surface area contributed by atoms with Gasteiger partial charge in [-0.15, -0.1) is 0 Å². The van der Waals surface area contributed by atoms with Crippen LogP contribution in [0.15, 0.2) is 0 Å². The maximum absolute atomic E-state index is 12.5. The summed E-state index contributed by atoms with van der Waals surface area (Å²) in [6, 6.07) is 0.107. The Labute approximate surface area is 144 Å². The Morgan fingerprint density at radius 3 is 2.29 bits per heavy atom. The number of piperidine rings is 1. The lowest BCUT2D eigenvalue weighted by Crippen LogP contribution is -2.48. The Kier molecular flexibility index (Phi) is 7.53. The number of carbonyl (C=O) groups excluding carboxylic acids is 3. The van der Waals surface area contributed by atoms with Gasteiger partial charge in [-0.2, -0.15) is 0 Å². The SMILES string of the molecule is CCOC(=O)CCC(=O)NC1CCN(C(=O)C2CCCCC2)CC1. The second-order valence-corrected chi connectivity index (χ2v) is 6.81. The third-order valence-corrected chi connectivity index (χ3v) is 4.99. The number of amides is 2. The first-order chi connectivity index (χ1) is 11.6. The standard InChI is InChI=1S/C18H30N2O4/c1-2-24-17(22)9-8-16(21)19-15-10-12-20(13-11-15)18(23)14-6-4-3-5-7-14/h14-15H,2-13H2,1H3,(H,19,21). The second-order valence-electron chi connectivity index (χ2n) is 6.81. The summed E-state index contributed by atoms with van der Waals surface area (Å²) in [6.07, 6.45) is 7.54. The summed E-state index contributed by atoms with van der Waals surface area (Å²) < 4.78 is 4.82. The number of nitrogens with zero attached hydrogens (tertiary/aromatic N) is 1. The lowest BCUT2D eigenvalue weighted by atomic mass is 9.87. The van der Waals surface area contributed by atoms with Crippen molar-refractivity contribution in [3.63, 3.8) is 0 Å². The monoisotopic (exact) mass is 338 g/mol. The van der Waals surface area contributed by atoms with Crippen molar-refractivity contribution < 1.29 is 19.1 Å². The van der Waals surface area contributed by atoms with E-state index in [0.717, 1.165) is 38.8 Å². The minimum Gasteiger partial charge on any atom is -0.466 e. The molecule has 1 saturated carbocycles. The number of hydrogen-bond acceptors (Lipinski definition) is 4. The normalized spacial score (nSPS) is 19.8. The largest absolute Gasteiger partial charge is 0.466 e. The summed E-state index contributed by atoms with van der Waals surface area (Å²) in [6.45, 7) is 3.53. The first-order valence-electron chi connectivity index (χ1n) is 9.34. The van der Waals surface area contributed by atoms with Gasteiger partial charge in [0.15, 0.2) is 0 Å². The lowest BCUT2D eigenvalue weighted by Gasteiger charge is -2.35. The van der Waals surface area contributed by atoms with Crippen molar-refractivity contribution in [3.8, 4) is 0 Å². The molecular weight excluding hydrogens is 308 g/mol. The summed E-state index contributed by atoms with van der Waals surface area (Å²) in [5.74, 6) is 0.0805. The molecular formula is C18H30N2O4. The minimum atomic E-state index is -0.333. The van der Waals surface area contributed by atoms with Gasteiger partial charge in [-0.25, -0.2) is 0 Å². The quantitative estimate of drug-likeness (QED) is 0.752. The lowest BCUT2D eigenvalue weighted by molar-refractivity contribution is -0.144. The molecule has 0 radical (unpaired) electrons. The molecule has 1 aliphatic carbocycles. The average molecular weight is 338 g/mol. The van der Waals surface area contributed by atoms with E-state index >= 15 is 0 Å². The van der Waals surface area contributed by atoms with Gasteiger partial charge in [0.2, 0.25) is 11.8 Å². The number of carbonyl (C=O) groups is 3. The van der Waals surface area contributed by atoms with E-state index in [4.69, 9.17) is 4.74 Å². The van der Waals surface area contributed by atoms with Gasteiger partial charge in [0.1, 0.15) is 0 Å². The van der Waals surface area contributed by atoms with Gasteiger partial charge in [-0.1, -0.05) is 19.3 Å². The molecule has 2 aliphatic rings. The highest BCUT2D eigenvalue weighted by Gasteiger charge is 2.29. The van der Waals surface area contributed by atoms with Gasteiger partial charge < -0.3 is 15.0 Å². The fraction of sp³-hybridized carbons (Fsp3) is 0.833. The Bertz CT molecular complexity index is 438. The molecule has 0 aromatic carbocycles. The third kappa shape index (κ3) is 5.80. The summed E-state index contributed by atoms with van der Waals surface area (Å²) in [7, 11) is 0. The Morgan fingerprint density at radius 2 is 1.67 bits per heavy atom. The van der Waals surface area contributed by atoms with Crippen molar-refractivity contribution in [2.24, 2.45) is 5.92 Å². The molecule has 136 valence electrons. The van der Waals surface area contributed by atoms with E-state index in [2.05, 4.69) is 5.32 Å². The van der Waals surface area contributed by atoms with Crippen LogP contribution < -0.4 is 5.32 Å². The number of esters is 1. The molecule has 1 saturated heterocycles. The molecule has 0 atom stereocenters. The van der Waals surface area contributed by atoms with Gasteiger partial charge in [0, 0.05) is 31.5 Å². The van der Waals surface area contributed by atoms with Crippen LogP contribution in [-0.4, -0.2) is 48.4 Å². The van der Waals surface area contributed by atoms with Crippen LogP contribution in [0.2, 0.25) is 0 Å². The van der Waals surface area contributed by atoms with E-state index in [1.54, 1.807) is 6.92 Å². The van der Waals surface area contributed by atoms with E-state index in [-0.39, 0.29) is 36.7 Å². The third-order valence-electron chi connectivity index (χ3n) is 4.99. The zero-order valence-corrected chi connectivity index (χ0v) is 14.7. The van der Waals surface area contributed by atoms with Crippen LogP contribution >= 0.6 is 0 Å². The fourth-order valence-corrected chi connectivity index (χ4v) is 3.60. The molecule has 2 amide bonds. The highest BCUT2D eigenvalue weighted by molar-refractivity contribution is 5.81. The number of likely N-dealkylation sites (tertiary alicyclic amines) is 1. The van der Waals surface area contributed by atoms with Crippen LogP contribution in [0, 0.1) is 5.92 Å². The molecule has 24 heavy (non-hydrogen) atoms. The summed E-state index contributed by atoms with van der Waals surface area (Å²) in [5, 5.41) is 2.97. The Balaban J connectivity index is 1.65. The van der Waals surface area contributed by atoms with Crippen LogP contribution in [0.1, 0.15) is 64.7 Å². The van der Waals surface area contributed by atoms with Crippen LogP contribution in [0.3, 0.4) is 0 Å². The number of rotatable bonds is 6. The smallest absolute Gasteiger partial charge is 0.306 e. The highest BCUT2D eigenvalue weighted by Crippen LogP contribution is 2.26. The van der Waals surface area contributed by atoms with Gasteiger partial charge in [-0.3, -0.25) is 14.4 Å². The molecule has 0 bridgehead atoms. The molecule has 6 nitrogen and oxygen atoms in total. The molecule has 1 aliphatic heterocycles. The molecule has 1 heterocycles. The second kappa shape index (κ2) is 9.64. The summed E-state index contributed by atoms with van der Waals surface area (Å²) >= 11 is 0. The number of ether oxygens (including phenoxy) is 1. The molecule has 0 unspecified atom stereocenters. The Morgan fingerprint density at radius 1 is 1.00 bits per heavy atom. The van der Waals surface area contributed by atoms with E-state index in [9.17, 15) is 14.4 Å². The molecule has 2 rings (SSSR count). The predicted molar refractivity (Wildman–Crippen MR) is 90.2 cm³/mol. The summed E-state index contributed by atoms with van der Waals surface area (Å²) in [4.78, 5) is 37.6. The van der Waals surface area contributed by atoms with Crippen molar-refractivity contribution >= 4 is 17.8 Å². The van der Waals surface area contributed by atoms with Crippen LogP contribution in [0.4, 0.5) is 0 Å². The molecule has 0 aromatic rings. The average Bonchev–Trinajstić information content (AvgIpc) is 2.61. The predicted octanol–water partition coefficient (Wildman–Crippen LogP) is 2.02. The van der Waals surface area contributed by atoms with E-state index in [1.807, 2.05) is 4.90 Å². The van der Waals surface area contributed by atoms with Crippen LogP contribution in [0.25, 0.3) is 0 Å². The van der Waals surface area contributed by atoms with Gasteiger partial charge in [-0.05, 0) is 32.6 Å². The van der Waals surface area contributed by atoms with Crippen molar-refractivity contribution in [3.05, 3.63) is 0 Å². The zero-order chi connectivity index (χ0) is 17.4. The van der Waals surface area contributed by atoms with E-state index < -0.39 is 0 Å². The molecule has 6 heteroatoms. The van der Waals surface area contributed by atoms with E-state index in [0.29, 0.717) is 12.5 Å². The van der Waals surface area contributed by atoms with Crippen molar-refractivity contribution in [1.82, 2.24) is 10.2 Å². The number of nitrogens with one attached hydrogen (secondary N) is 1. The van der Waals surface area contributed by atoms with Crippen molar-refractivity contribution in [1.29, 1.82) is 0 Å². The van der Waals surface area contributed by atoms with Crippen LogP contribution in [-0.2, 0) is 19.1 Å². The first kappa shape index (κ1) is 18.7. The van der Waals surface area contributed by atoms with Crippen LogP contribution in [0.5, 0.6) is 0 Å². The number of hydrogen-bond donors (Lipinski definition) is 1. The molecule has 1 N–H and O–H groups in total. The van der Waals surface area contributed by atoms with Crippen molar-refractivity contribution in [2.45, 2.75) is 70.8 Å². The van der Waals surface area contributed by atoms with Gasteiger partial charge in [0.05, 0.1) is 13.0 Å². The zero-order valence-electron chi connectivity index (χ0n) is 14.7. The maximum Gasteiger partial charge on any atom is 0.306 e. The molecule has 0 aromatic heterocycles. The minimum absolute atomic E-state index is 0.107. The van der Waals surface area contributed by atoms with Crippen molar-refractivity contribution in [2.75, 3.05) is 19.7 Å². The van der Waals surface area contributed by atoms with Gasteiger partial charge in [0.25, 0.3) is 0 Å². The maximum atomic E-state index is 12.5. The first-order valence-corrected chi connectivity index (χ1v) is 9.34. The van der Waals surface area contributed by atoms with E-state index in [1.165, 1.54) is 19.3 Å². The fourth-order valence-electron chi connectivity index (χ4n) is 3.60. The molecule has 2 fully saturated rings. The molecule has 0 spiro atoms. The highest BCUT2D eigenvalue weighted by atomic mass is 16.5. The van der Waals surface area contributed by atoms with Gasteiger partial charge >= 0.3 is 5.97 Å². The topological polar surface area (TPSA) is 75.7 Å².